The number of unbranched alkanes of at least 4 members (excludes halogenated alkanes) is 8. The summed E-state index contributed by atoms with van der Waals surface area (Å²) in [6, 6.07) is 0. The van der Waals surface area contributed by atoms with Crippen molar-refractivity contribution in [3.63, 3.8) is 0 Å². The highest BCUT2D eigenvalue weighted by Crippen LogP contribution is 2.24. The highest BCUT2D eigenvalue weighted by atomic mass is 16.7. The molecule has 174 valence electrons. The second-order valence-electron chi connectivity index (χ2n) is 8.51. The number of ether oxygens (including phenoxy) is 1. The van der Waals surface area contributed by atoms with Gasteiger partial charge < -0.3 is 9.84 Å². The molecule has 0 saturated carbocycles. The molecule has 1 unspecified atom stereocenters. The van der Waals surface area contributed by atoms with Crippen LogP contribution in [0.2, 0.25) is 0 Å². The largest absolute Gasteiger partial charge is 0.426 e. The van der Waals surface area contributed by atoms with E-state index in [1.165, 1.54) is 64.4 Å². The molecule has 0 aromatic carbocycles. The van der Waals surface area contributed by atoms with Gasteiger partial charge in [-0.3, -0.25) is 0 Å². The molecule has 1 rings (SSSR count). The normalized spacial score (nSPS) is 19.5. The molecule has 1 aliphatic heterocycles. The van der Waals surface area contributed by atoms with Crippen molar-refractivity contribution in [3.8, 4) is 0 Å². The predicted octanol–water partition coefficient (Wildman–Crippen LogP) is 7.88. The predicted molar refractivity (Wildman–Crippen MR) is 132 cm³/mol. The lowest BCUT2D eigenvalue weighted by Crippen LogP contribution is -2.22. The zero-order valence-electron chi connectivity index (χ0n) is 19.9. The quantitative estimate of drug-likeness (QED) is 0.137. The third kappa shape index (κ3) is 15.6. The summed E-state index contributed by atoms with van der Waals surface area (Å²) in [5.74, 6) is -1.82. The summed E-state index contributed by atoms with van der Waals surface area (Å²) in [6.45, 7) is 3.75. The minimum atomic E-state index is -1.43. The van der Waals surface area contributed by atoms with Crippen molar-refractivity contribution < 1.29 is 14.6 Å². The van der Waals surface area contributed by atoms with Crippen molar-refractivity contribution in [1.82, 2.24) is 0 Å². The molecular formula is C28H44O3. The Morgan fingerprint density at radius 2 is 1.26 bits per heavy atom. The summed E-state index contributed by atoms with van der Waals surface area (Å²) in [7, 11) is 0. The van der Waals surface area contributed by atoms with Crippen LogP contribution in [0.5, 0.6) is 0 Å². The highest BCUT2D eigenvalue weighted by molar-refractivity contribution is 5.91. The highest BCUT2D eigenvalue weighted by Gasteiger charge is 2.32. The van der Waals surface area contributed by atoms with E-state index >= 15 is 0 Å². The lowest BCUT2D eigenvalue weighted by molar-refractivity contribution is -0.172. The Balaban J connectivity index is 1.92. The minimum absolute atomic E-state index is 0.395. The fourth-order valence-corrected chi connectivity index (χ4v) is 3.52. The van der Waals surface area contributed by atoms with E-state index in [4.69, 9.17) is 4.74 Å². The first-order chi connectivity index (χ1) is 15.0. The molecule has 0 aromatic rings. The topological polar surface area (TPSA) is 46.5 Å². The smallest absolute Gasteiger partial charge is 0.336 e. The Labute approximate surface area is 190 Å². The fraction of sp³-hybridized carbons (Fsp3) is 0.607. The average molecular weight is 429 g/mol. The molecule has 0 spiro atoms. The third-order valence-corrected chi connectivity index (χ3v) is 5.28. The zero-order valence-corrected chi connectivity index (χ0v) is 19.9. The minimum Gasteiger partial charge on any atom is -0.426 e. The van der Waals surface area contributed by atoms with E-state index in [0.29, 0.717) is 12.0 Å². The van der Waals surface area contributed by atoms with Gasteiger partial charge in [-0.2, -0.15) is 0 Å². The summed E-state index contributed by atoms with van der Waals surface area (Å²) in [6.07, 6.45) is 35.5. The van der Waals surface area contributed by atoms with Crippen molar-refractivity contribution in [1.29, 1.82) is 0 Å². The number of allylic oxidation sites excluding steroid dienone is 8. The number of rotatable bonds is 18. The number of esters is 1. The fourth-order valence-electron chi connectivity index (χ4n) is 3.52. The van der Waals surface area contributed by atoms with E-state index in [1.807, 2.05) is 0 Å². The molecule has 3 heteroatoms. The molecule has 0 saturated heterocycles. The van der Waals surface area contributed by atoms with Gasteiger partial charge in [-0.05, 0) is 57.4 Å². The third-order valence-electron chi connectivity index (χ3n) is 5.28. The lowest BCUT2D eigenvalue weighted by atomic mass is 10.1. The number of carbonyl (C=O) groups is 1. The molecule has 1 aliphatic rings. The van der Waals surface area contributed by atoms with Crippen LogP contribution in [0.4, 0.5) is 0 Å². The SMILES string of the molecule is CCCCCCCCC/C=C\C/C=C\C/C=C\C/C=C\CCCC1=CC(C)(O)OC1=O. The van der Waals surface area contributed by atoms with E-state index in [1.54, 1.807) is 0 Å². The van der Waals surface area contributed by atoms with Crippen molar-refractivity contribution in [2.24, 2.45) is 0 Å². The lowest BCUT2D eigenvalue weighted by Gasteiger charge is -2.11. The van der Waals surface area contributed by atoms with Crippen molar-refractivity contribution in [3.05, 3.63) is 60.3 Å². The van der Waals surface area contributed by atoms with Gasteiger partial charge in [0.1, 0.15) is 0 Å². The van der Waals surface area contributed by atoms with Crippen LogP contribution in [-0.2, 0) is 9.53 Å². The van der Waals surface area contributed by atoms with Gasteiger partial charge in [-0.15, -0.1) is 0 Å². The van der Waals surface area contributed by atoms with Gasteiger partial charge in [0.15, 0.2) is 0 Å². The van der Waals surface area contributed by atoms with Crippen molar-refractivity contribution >= 4 is 5.97 Å². The summed E-state index contributed by atoms with van der Waals surface area (Å²) in [4.78, 5) is 11.5. The first kappa shape index (κ1) is 27.2. The molecule has 0 amide bonds. The number of carbonyl (C=O) groups excluding carboxylic acids is 1. The summed E-state index contributed by atoms with van der Waals surface area (Å²) in [5.41, 5.74) is 0.581. The number of aliphatic hydroxyl groups is 1. The van der Waals surface area contributed by atoms with Gasteiger partial charge in [0.05, 0.1) is 0 Å². The Hall–Kier alpha value is -1.87. The average Bonchev–Trinajstić information content (AvgIpc) is 3.00. The van der Waals surface area contributed by atoms with Gasteiger partial charge in [0.2, 0.25) is 5.79 Å². The van der Waals surface area contributed by atoms with Crippen LogP contribution in [0, 0.1) is 0 Å². The first-order valence-corrected chi connectivity index (χ1v) is 12.3. The van der Waals surface area contributed by atoms with Gasteiger partial charge in [-0.1, -0.05) is 94.1 Å². The van der Waals surface area contributed by atoms with Crippen LogP contribution < -0.4 is 0 Å². The molecule has 1 atom stereocenters. The molecule has 0 fully saturated rings. The molecule has 0 aromatic heterocycles. The van der Waals surface area contributed by atoms with E-state index < -0.39 is 11.8 Å². The van der Waals surface area contributed by atoms with E-state index in [9.17, 15) is 9.90 Å². The Morgan fingerprint density at radius 3 is 1.77 bits per heavy atom. The van der Waals surface area contributed by atoms with Gasteiger partial charge in [0.25, 0.3) is 0 Å². The van der Waals surface area contributed by atoms with Gasteiger partial charge in [-0.25, -0.2) is 4.79 Å². The molecular weight excluding hydrogens is 384 g/mol. The Kier molecular flexibility index (Phi) is 15.6. The second-order valence-corrected chi connectivity index (χ2v) is 8.51. The molecule has 31 heavy (non-hydrogen) atoms. The van der Waals surface area contributed by atoms with Crippen molar-refractivity contribution in [2.75, 3.05) is 0 Å². The molecule has 0 bridgehead atoms. The summed E-state index contributed by atoms with van der Waals surface area (Å²) >= 11 is 0. The molecule has 1 N–H and O–H groups in total. The van der Waals surface area contributed by atoms with Crippen LogP contribution in [-0.4, -0.2) is 16.9 Å². The number of cyclic esters (lactones) is 1. The summed E-state index contributed by atoms with van der Waals surface area (Å²) in [5, 5.41) is 9.66. The van der Waals surface area contributed by atoms with E-state index in [2.05, 4.69) is 55.5 Å². The van der Waals surface area contributed by atoms with Gasteiger partial charge in [0, 0.05) is 12.5 Å². The second kappa shape index (κ2) is 17.8. The van der Waals surface area contributed by atoms with Crippen LogP contribution in [0.1, 0.15) is 104 Å². The van der Waals surface area contributed by atoms with E-state index in [-0.39, 0.29) is 0 Å². The van der Waals surface area contributed by atoms with Gasteiger partial charge >= 0.3 is 5.97 Å². The number of hydrogen-bond donors (Lipinski definition) is 1. The maximum atomic E-state index is 11.5. The van der Waals surface area contributed by atoms with Crippen LogP contribution >= 0.6 is 0 Å². The first-order valence-electron chi connectivity index (χ1n) is 12.3. The summed E-state index contributed by atoms with van der Waals surface area (Å²) < 4.78 is 4.85. The number of hydrogen-bond acceptors (Lipinski definition) is 3. The van der Waals surface area contributed by atoms with Crippen LogP contribution in [0.3, 0.4) is 0 Å². The zero-order chi connectivity index (χ0) is 22.6. The van der Waals surface area contributed by atoms with E-state index in [0.717, 1.165) is 32.1 Å². The van der Waals surface area contributed by atoms with Crippen LogP contribution in [0.25, 0.3) is 0 Å². The maximum absolute atomic E-state index is 11.5. The molecule has 0 radical (unpaired) electrons. The molecule has 1 heterocycles. The monoisotopic (exact) mass is 428 g/mol. The van der Waals surface area contributed by atoms with Crippen molar-refractivity contribution in [2.45, 2.75) is 110 Å². The van der Waals surface area contributed by atoms with Crippen LogP contribution in [0.15, 0.2) is 60.3 Å². The Morgan fingerprint density at radius 1 is 0.774 bits per heavy atom. The molecule has 0 aliphatic carbocycles. The maximum Gasteiger partial charge on any atom is 0.336 e. The Bertz CT molecular complexity index is 620. The molecule has 3 nitrogen and oxygen atoms in total. The standard InChI is InChI=1S/C28H44O3/c1-3-4-5-6-7-8-9-10-11-12-13-14-15-16-17-18-19-20-21-22-23-24-26-25-28(2,30)31-27(26)29/h11-12,14-15,17-18,20-21,25,30H,3-10,13,16,19,22-24H2,1-2H3/b12-11-,15-14-,18-17-,21-20-.